The van der Waals surface area contributed by atoms with Gasteiger partial charge in [-0.3, -0.25) is 24.1 Å². The van der Waals surface area contributed by atoms with E-state index in [9.17, 15) is 39.6 Å². The van der Waals surface area contributed by atoms with Crippen LogP contribution < -0.4 is 5.73 Å². The van der Waals surface area contributed by atoms with E-state index in [2.05, 4.69) is 0 Å². The number of aliphatic hydroxyl groups excluding tert-OH is 2. The average Bonchev–Trinajstić information content (AvgIpc) is 2.79. The summed E-state index contributed by atoms with van der Waals surface area (Å²) in [6.07, 6.45) is -1.41. The first-order valence-corrected chi connectivity index (χ1v) is 12.6. The number of hydrogen-bond acceptors (Lipinski definition) is 10. The third kappa shape index (κ3) is 3.78. The van der Waals surface area contributed by atoms with Gasteiger partial charge >= 0.3 is 5.97 Å². The lowest BCUT2D eigenvalue weighted by molar-refractivity contribution is -0.184. The summed E-state index contributed by atoms with van der Waals surface area (Å²) in [6, 6.07) is 2.02. The number of ether oxygens (including phenoxy) is 1. The largest absolute Gasteiger partial charge is 0.508 e. The number of fused-ring (bicyclic) bond motifs is 3. The monoisotopic (exact) mass is 542 g/mol. The Kier molecular flexibility index (Phi) is 6.48. The minimum absolute atomic E-state index is 0.0206. The van der Waals surface area contributed by atoms with Crippen molar-refractivity contribution >= 4 is 29.2 Å². The Balaban J connectivity index is 2.13. The van der Waals surface area contributed by atoms with Crippen molar-refractivity contribution < 1.29 is 44.3 Å². The van der Waals surface area contributed by atoms with Crippen molar-refractivity contribution in [3.05, 3.63) is 45.7 Å². The molecule has 39 heavy (non-hydrogen) atoms. The van der Waals surface area contributed by atoms with Crippen LogP contribution >= 0.6 is 0 Å². The fraction of sp³-hybridized carbons (Fsp3) is 0.500. The Labute approximate surface area is 225 Å². The van der Waals surface area contributed by atoms with Gasteiger partial charge < -0.3 is 30.9 Å². The van der Waals surface area contributed by atoms with E-state index in [4.69, 9.17) is 10.5 Å². The number of amides is 1. The Bertz CT molecular complexity index is 1380. The normalized spacial score (nSPS) is 30.6. The van der Waals surface area contributed by atoms with Crippen LogP contribution in [-0.2, 0) is 29.3 Å². The first-order valence-electron chi connectivity index (χ1n) is 12.6. The maximum absolute atomic E-state index is 14.2. The number of ketones is 2. The van der Waals surface area contributed by atoms with E-state index in [-0.39, 0.29) is 11.3 Å². The zero-order chi connectivity index (χ0) is 29.5. The fourth-order valence-electron chi connectivity index (χ4n) is 6.53. The number of likely N-dealkylation sites (N-methyl/N-ethyl adjacent to an activating group) is 1. The average molecular weight is 543 g/mol. The van der Waals surface area contributed by atoms with E-state index < -0.39 is 87.0 Å². The van der Waals surface area contributed by atoms with Gasteiger partial charge in [-0.25, -0.2) is 0 Å². The van der Waals surface area contributed by atoms with Gasteiger partial charge in [-0.1, -0.05) is 39.8 Å². The number of phenolic OH excluding ortho intramolecular Hbond substituents is 1. The van der Waals surface area contributed by atoms with E-state index in [0.717, 1.165) is 6.92 Å². The van der Waals surface area contributed by atoms with Crippen LogP contribution in [0.3, 0.4) is 0 Å². The van der Waals surface area contributed by atoms with Crippen molar-refractivity contribution in [3.63, 3.8) is 0 Å². The summed E-state index contributed by atoms with van der Waals surface area (Å²) >= 11 is 0. The van der Waals surface area contributed by atoms with Gasteiger partial charge in [0.05, 0.1) is 17.5 Å². The molecule has 1 saturated carbocycles. The zero-order valence-electron chi connectivity index (χ0n) is 22.9. The summed E-state index contributed by atoms with van der Waals surface area (Å²) in [5.41, 5.74) is 1.46. The molecule has 1 aromatic rings. The lowest BCUT2D eigenvalue weighted by Crippen LogP contribution is -2.71. The number of nitrogens with two attached hydrogens (primary N) is 1. The third-order valence-electron chi connectivity index (χ3n) is 8.21. The second kappa shape index (κ2) is 8.92. The van der Waals surface area contributed by atoms with Gasteiger partial charge in [0.1, 0.15) is 28.9 Å². The predicted molar refractivity (Wildman–Crippen MR) is 139 cm³/mol. The van der Waals surface area contributed by atoms with Crippen LogP contribution in [0.1, 0.15) is 57.2 Å². The highest BCUT2D eigenvalue weighted by Gasteiger charge is 2.69. The van der Waals surface area contributed by atoms with E-state index >= 15 is 0 Å². The molecule has 0 bridgehead atoms. The zero-order valence-corrected chi connectivity index (χ0v) is 22.9. The summed E-state index contributed by atoms with van der Waals surface area (Å²) in [5, 5.41) is 45.8. The number of primary amides is 1. The van der Waals surface area contributed by atoms with Crippen LogP contribution in [-0.4, -0.2) is 80.6 Å². The lowest BCUT2D eigenvalue weighted by atomic mass is 9.54. The Morgan fingerprint density at radius 3 is 2.18 bits per heavy atom. The minimum Gasteiger partial charge on any atom is -0.508 e. The Morgan fingerprint density at radius 1 is 1.10 bits per heavy atom. The number of Topliss-reactive ketones (excluding diaryl/α,β-unsaturated/α-hetero) is 2. The Hall–Kier alpha value is -3.70. The molecule has 3 aliphatic rings. The minimum atomic E-state index is -2.96. The van der Waals surface area contributed by atoms with Crippen molar-refractivity contribution in [2.75, 3.05) is 14.1 Å². The van der Waals surface area contributed by atoms with Gasteiger partial charge in [0.25, 0.3) is 5.91 Å². The highest BCUT2D eigenvalue weighted by atomic mass is 16.5. The van der Waals surface area contributed by atoms with Gasteiger partial charge in [0.2, 0.25) is 5.78 Å². The molecule has 0 aliphatic heterocycles. The standard InChI is InChI=1S/C28H34N2O9/c1-10-12-8-9-13(27(3,4)5)20(32)15(12)21(33)16-14(10)23(39-11(2)31)18-19(30(6)7)22(34)17(26(29)37)25(36)28(18,38)24(16)35/h8-10,14,18-19,23,32-33,36,38H,1-7H3,(H2,29,37)/t10-,14+,18+,19+,23-,28+/m0/s1. The van der Waals surface area contributed by atoms with Crippen molar-refractivity contribution in [2.45, 2.75) is 63.7 Å². The molecule has 0 unspecified atom stereocenters. The van der Waals surface area contributed by atoms with Crippen LogP contribution in [0.25, 0.3) is 5.76 Å². The molecule has 11 heteroatoms. The molecular formula is C28H34N2O9. The van der Waals surface area contributed by atoms with Crippen LogP contribution in [0.2, 0.25) is 0 Å². The SMILES string of the molecule is CC(=O)O[C@H]1[C@H]2C(=C(O)c3c(ccc(C(C)(C)C)c3O)[C@@H]2C)C(=O)[C@@]2(O)C(O)=C(C(N)=O)C(=O)[C@H](N(C)C)[C@H]12. The summed E-state index contributed by atoms with van der Waals surface area (Å²) < 4.78 is 5.67. The Morgan fingerprint density at radius 2 is 1.69 bits per heavy atom. The highest BCUT2D eigenvalue weighted by molar-refractivity contribution is 6.24. The van der Waals surface area contributed by atoms with E-state index in [1.54, 1.807) is 19.1 Å². The molecule has 6 atom stereocenters. The van der Waals surface area contributed by atoms with Crippen LogP contribution in [0, 0.1) is 11.8 Å². The van der Waals surface area contributed by atoms with Crippen molar-refractivity contribution in [3.8, 4) is 5.75 Å². The second-order valence-electron chi connectivity index (χ2n) is 11.8. The predicted octanol–water partition coefficient (Wildman–Crippen LogP) is 1.36. The van der Waals surface area contributed by atoms with E-state index in [0.29, 0.717) is 11.1 Å². The number of nitrogens with zero attached hydrogens (tertiary/aromatic N) is 1. The molecular weight excluding hydrogens is 508 g/mol. The number of rotatable bonds is 3. The van der Waals surface area contributed by atoms with Gasteiger partial charge in [-0.05, 0) is 31.0 Å². The molecule has 210 valence electrons. The molecule has 0 radical (unpaired) electrons. The smallest absolute Gasteiger partial charge is 0.302 e. The van der Waals surface area contributed by atoms with E-state index in [1.807, 2.05) is 20.8 Å². The van der Waals surface area contributed by atoms with Crippen LogP contribution in [0.5, 0.6) is 5.75 Å². The maximum Gasteiger partial charge on any atom is 0.302 e. The van der Waals surface area contributed by atoms with Gasteiger partial charge in [0.15, 0.2) is 11.4 Å². The van der Waals surface area contributed by atoms with Crippen LogP contribution in [0.4, 0.5) is 0 Å². The summed E-state index contributed by atoms with van der Waals surface area (Å²) in [5.74, 6) is -9.77. The number of hydrogen-bond donors (Lipinski definition) is 5. The van der Waals surface area contributed by atoms with Gasteiger partial charge in [0, 0.05) is 24.0 Å². The number of esters is 1. The van der Waals surface area contributed by atoms with Crippen molar-refractivity contribution in [2.24, 2.45) is 17.6 Å². The molecule has 1 amide bonds. The van der Waals surface area contributed by atoms with Crippen LogP contribution in [0.15, 0.2) is 29.0 Å². The molecule has 1 aromatic carbocycles. The topological polar surface area (TPSA) is 188 Å². The lowest BCUT2D eigenvalue weighted by Gasteiger charge is -2.54. The highest BCUT2D eigenvalue weighted by Crippen LogP contribution is 2.57. The van der Waals surface area contributed by atoms with Gasteiger partial charge in [-0.2, -0.15) is 0 Å². The third-order valence-corrected chi connectivity index (χ3v) is 8.21. The molecule has 3 aliphatic carbocycles. The summed E-state index contributed by atoms with van der Waals surface area (Å²) in [7, 11) is 2.93. The summed E-state index contributed by atoms with van der Waals surface area (Å²) in [6.45, 7) is 8.40. The van der Waals surface area contributed by atoms with Crippen molar-refractivity contribution in [1.82, 2.24) is 4.90 Å². The molecule has 0 aromatic heterocycles. The number of aromatic hydroxyl groups is 1. The molecule has 6 N–H and O–H groups in total. The molecule has 4 rings (SSSR count). The number of carbonyl (C=O) groups excluding carboxylic acids is 4. The molecule has 11 nitrogen and oxygen atoms in total. The molecule has 1 fully saturated rings. The molecule has 0 heterocycles. The molecule has 0 spiro atoms. The fourth-order valence-corrected chi connectivity index (χ4v) is 6.53. The second-order valence-corrected chi connectivity index (χ2v) is 11.8. The number of aliphatic hydroxyl groups is 3. The number of phenols is 1. The first-order chi connectivity index (χ1) is 17.9. The summed E-state index contributed by atoms with van der Waals surface area (Å²) in [4.78, 5) is 53.5. The number of carbonyl (C=O) groups is 4. The van der Waals surface area contributed by atoms with Crippen molar-refractivity contribution in [1.29, 1.82) is 0 Å². The van der Waals surface area contributed by atoms with E-state index in [1.165, 1.54) is 19.0 Å². The first kappa shape index (κ1) is 28.3. The number of benzene rings is 1. The van der Waals surface area contributed by atoms with Gasteiger partial charge in [-0.15, -0.1) is 0 Å². The molecule has 0 saturated heterocycles. The quantitative estimate of drug-likeness (QED) is 0.276. The maximum atomic E-state index is 14.2.